The van der Waals surface area contributed by atoms with Gasteiger partial charge in [0.1, 0.15) is 5.82 Å². The van der Waals surface area contributed by atoms with Gasteiger partial charge < -0.3 is 16.2 Å². The Kier molecular flexibility index (Phi) is 6.52. The minimum atomic E-state index is -0.620. The number of hydrogen-bond acceptors (Lipinski definition) is 4. The van der Waals surface area contributed by atoms with E-state index in [0.717, 1.165) is 5.56 Å². The third kappa shape index (κ3) is 4.78. The predicted octanol–water partition coefficient (Wildman–Crippen LogP) is 1.54. The van der Waals surface area contributed by atoms with Crippen LogP contribution in [0.1, 0.15) is 24.8 Å². The number of nitrogens with zero attached hydrogens (tertiary/aromatic N) is 2. The Morgan fingerprint density at radius 3 is 2.96 bits per heavy atom. The largest absolute Gasteiger partial charge is 0.391 e. The number of benzene rings is 1. The highest BCUT2D eigenvalue weighted by molar-refractivity contribution is 5.85. The first-order valence-corrected chi connectivity index (χ1v) is 8.04. The Morgan fingerprint density at radius 2 is 2.24 bits per heavy atom. The van der Waals surface area contributed by atoms with Crippen molar-refractivity contribution in [2.45, 2.75) is 38.0 Å². The fourth-order valence-electron chi connectivity index (χ4n) is 2.95. The van der Waals surface area contributed by atoms with Crippen LogP contribution in [0.3, 0.4) is 0 Å². The van der Waals surface area contributed by atoms with Crippen molar-refractivity contribution in [3.63, 3.8) is 0 Å². The highest BCUT2D eigenvalue weighted by Crippen LogP contribution is 2.23. The van der Waals surface area contributed by atoms with Gasteiger partial charge in [-0.2, -0.15) is 5.10 Å². The van der Waals surface area contributed by atoms with Crippen molar-refractivity contribution in [1.82, 2.24) is 15.1 Å². The van der Waals surface area contributed by atoms with Crippen molar-refractivity contribution in [3.05, 3.63) is 48.0 Å². The highest BCUT2D eigenvalue weighted by atomic mass is 35.5. The molecule has 6 nitrogen and oxygen atoms in total. The molecular formula is C17H22ClFN4O2. The van der Waals surface area contributed by atoms with Gasteiger partial charge in [0.25, 0.3) is 0 Å². The lowest BCUT2D eigenvalue weighted by molar-refractivity contribution is -0.127. The van der Waals surface area contributed by atoms with Crippen LogP contribution in [0.2, 0.25) is 0 Å². The first-order valence-electron chi connectivity index (χ1n) is 8.04. The molecule has 136 valence electrons. The Hall–Kier alpha value is -1.96. The van der Waals surface area contributed by atoms with E-state index in [2.05, 4.69) is 10.4 Å². The van der Waals surface area contributed by atoms with Crippen LogP contribution in [0.25, 0.3) is 5.69 Å². The molecular weight excluding hydrogens is 347 g/mol. The van der Waals surface area contributed by atoms with Crippen molar-refractivity contribution >= 4 is 18.3 Å². The molecule has 25 heavy (non-hydrogen) atoms. The first kappa shape index (κ1) is 19.4. The molecule has 3 rings (SSSR count). The van der Waals surface area contributed by atoms with Crippen LogP contribution in [0.15, 0.2) is 36.7 Å². The summed E-state index contributed by atoms with van der Waals surface area (Å²) in [7, 11) is 0. The fourth-order valence-corrected chi connectivity index (χ4v) is 2.95. The number of hydrogen-bond donors (Lipinski definition) is 3. The van der Waals surface area contributed by atoms with E-state index >= 15 is 0 Å². The van der Waals surface area contributed by atoms with E-state index in [1.54, 1.807) is 29.2 Å². The summed E-state index contributed by atoms with van der Waals surface area (Å²) in [5.41, 5.74) is 7.20. The number of carbonyl (C=O) groups excluding carboxylic acids is 1. The average molecular weight is 369 g/mol. The van der Waals surface area contributed by atoms with Gasteiger partial charge in [-0.05, 0) is 37.5 Å². The average Bonchev–Trinajstić information content (AvgIpc) is 3.04. The number of nitrogens with two attached hydrogens (primary N) is 1. The zero-order valence-electron chi connectivity index (χ0n) is 13.6. The second kappa shape index (κ2) is 8.42. The monoisotopic (exact) mass is 368 g/mol. The van der Waals surface area contributed by atoms with Crippen LogP contribution in [-0.2, 0) is 11.3 Å². The van der Waals surface area contributed by atoms with E-state index in [-0.39, 0.29) is 36.1 Å². The lowest BCUT2D eigenvalue weighted by atomic mass is 9.84. The quantitative estimate of drug-likeness (QED) is 0.763. The molecule has 0 saturated heterocycles. The summed E-state index contributed by atoms with van der Waals surface area (Å²) in [6, 6.07) is 5.90. The first-order chi connectivity index (χ1) is 11.5. The maximum atomic E-state index is 13.3. The molecule has 1 aromatic heterocycles. The molecule has 0 spiro atoms. The number of rotatable bonds is 4. The predicted molar refractivity (Wildman–Crippen MR) is 93.9 cm³/mol. The van der Waals surface area contributed by atoms with Gasteiger partial charge in [0.15, 0.2) is 0 Å². The molecule has 0 unspecified atom stereocenters. The standard InChI is InChI=1S/C17H21FN4O2.ClH/c18-13-2-1-3-14(7-13)22-10-11(9-21-22)8-20-17(24)12-4-5-15(19)16(23)6-12;/h1-3,7,9-10,12,15-16,23H,4-6,8,19H2,(H,20,24);1H/t12-,15+,16+;/m0./s1. The van der Waals surface area contributed by atoms with Crippen LogP contribution >= 0.6 is 12.4 Å². The van der Waals surface area contributed by atoms with Crippen LogP contribution in [0, 0.1) is 11.7 Å². The molecule has 3 atom stereocenters. The van der Waals surface area contributed by atoms with Crippen LogP contribution in [0.5, 0.6) is 0 Å². The number of aliphatic hydroxyl groups excluding tert-OH is 1. The molecule has 1 aliphatic carbocycles. The van der Waals surface area contributed by atoms with Crippen molar-refractivity contribution in [2.24, 2.45) is 11.7 Å². The van der Waals surface area contributed by atoms with Gasteiger partial charge in [0.05, 0.1) is 18.0 Å². The number of nitrogens with one attached hydrogen (secondary N) is 1. The van der Waals surface area contributed by atoms with Crippen LogP contribution in [-0.4, -0.2) is 32.9 Å². The minimum absolute atomic E-state index is 0. The third-order valence-electron chi connectivity index (χ3n) is 4.42. The van der Waals surface area contributed by atoms with Crippen LogP contribution < -0.4 is 11.1 Å². The van der Waals surface area contributed by atoms with Gasteiger partial charge in [-0.1, -0.05) is 6.07 Å². The van der Waals surface area contributed by atoms with E-state index in [4.69, 9.17) is 5.73 Å². The maximum absolute atomic E-state index is 13.3. The molecule has 1 aromatic carbocycles. The van der Waals surface area contributed by atoms with E-state index in [1.165, 1.54) is 12.1 Å². The lowest BCUT2D eigenvalue weighted by Crippen LogP contribution is -2.44. The molecule has 0 bridgehead atoms. The van der Waals surface area contributed by atoms with Gasteiger partial charge >= 0.3 is 0 Å². The Bertz CT molecular complexity index is 724. The number of halogens is 2. The topological polar surface area (TPSA) is 93.2 Å². The molecule has 1 aliphatic rings. The number of carbonyl (C=O) groups is 1. The second-order valence-electron chi connectivity index (χ2n) is 6.23. The van der Waals surface area contributed by atoms with Gasteiger partial charge in [-0.3, -0.25) is 4.79 Å². The smallest absolute Gasteiger partial charge is 0.223 e. The Balaban J connectivity index is 0.00000225. The Labute approximate surface area is 151 Å². The molecule has 2 aromatic rings. The number of amides is 1. The summed E-state index contributed by atoms with van der Waals surface area (Å²) in [4.78, 5) is 12.2. The van der Waals surface area contributed by atoms with E-state index in [1.807, 2.05) is 0 Å². The van der Waals surface area contributed by atoms with Gasteiger partial charge in [0, 0.05) is 30.3 Å². The van der Waals surface area contributed by atoms with Crippen molar-refractivity contribution in [3.8, 4) is 5.69 Å². The van der Waals surface area contributed by atoms with Crippen molar-refractivity contribution in [2.75, 3.05) is 0 Å². The van der Waals surface area contributed by atoms with E-state index < -0.39 is 6.10 Å². The summed E-state index contributed by atoms with van der Waals surface area (Å²) >= 11 is 0. The highest BCUT2D eigenvalue weighted by Gasteiger charge is 2.30. The van der Waals surface area contributed by atoms with E-state index in [0.29, 0.717) is 31.5 Å². The summed E-state index contributed by atoms with van der Waals surface area (Å²) in [5, 5.41) is 16.8. The fraction of sp³-hybridized carbons (Fsp3) is 0.412. The number of aliphatic hydroxyl groups is 1. The molecule has 0 aliphatic heterocycles. The normalized spacial score (nSPS) is 22.9. The van der Waals surface area contributed by atoms with Crippen LogP contribution in [0.4, 0.5) is 4.39 Å². The van der Waals surface area contributed by atoms with Gasteiger partial charge in [0.2, 0.25) is 5.91 Å². The molecule has 0 radical (unpaired) electrons. The van der Waals surface area contributed by atoms with E-state index in [9.17, 15) is 14.3 Å². The molecule has 4 N–H and O–H groups in total. The second-order valence-corrected chi connectivity index (χ2v) is 6.23. The molecule has 1 saturated carbocycles. The summed E-state index contributed by atoms with van der Waals surface area (Å²) < 4.78 is 14.8. The zero-order chi connectivity index (χ0) is 17.1. The maximum Gasteiger partial charge on any atom is 0.223 e. The molecule has 1 heterocycles. The van der Waals surface area contributed by atoms with Crippen molar-refractivity contribution in [1.29, 1.82) is 0 Å². The summed E-state index contributed by atoms with van der Waals surface area (Å²) in [5.74, 6) is -0.621. The number of aromatic nitrogens is 2. The summed E-state index contributed by atoms with van der Waals surface area (Å²) in [6.07, 6.45) is 4.50. The molecule has 1 amide bonds. The zero-order valence-corrected chi connectivity index (χ0v) is 14.5. The third-order valence-corrected chi connectivity index (χ3v) is 4.42. The summed E-state index contributed by atoms with van der Waals surface area (Å²) in [6.45, 7) is 0.340. The molecule has 1 fully saturated rings. The van der Waals surface area contributed by atoms with Gasteiger partial charge in [-0.25, -0.2) is 9.07 Å². The van der Waals surface area contributed by atoms with Crippen molar-refractivity contribution < 1.29 is 14.3 Å². The minimum Gasteiger partial charge on any atom is -0.391 e. The SMILES string of the molecule is Cl.N[C@@H]1CC[C@H](C(=O)NCc2cnn(-c3cccc(F)c3)c2)C[C@H]1O. The lowest BCUT2D eigenvalue weighted by Gasteiger charge is -2.29. The van der Waals surface area contributed by atoms with Gasteiger partial charge in [-0.15, -0.1) is 12.4 Å². The molecule has 8 heteroatoms. The Morgan fingerprint density at radius 1 is 1.44 bits per heavy atom.